The van der Waals surface area contributed by atoms with Gasteiger partial charge in [0.2, 0.25) is 10.0 Å². The van der Waals surface area contributed by atoms with Crippen molar-refractivity contribution in [1.82, 2.24) is 4.72 Å². The third-order valence-corrected chi connectivity index (χ3v) is 5.63. The Kier molecular flexibility index (Phi) is 4.86. The Balaban J connectivity index is 2.24. The van der Waals surface area contributed by atoms with Crippen LogP contribution in [0.15, 0.2) is 57.9 Å². The summed E-state index contributed by atoms with van der Waals surface area (Å²) in [6, 6.07) is 13.4. The Labute approximate surface area is 132 Å². The van der Waals surface area contributed by atoms with Gasteiger partial charge in [-0.25, -0.2) is 13.1 Å². The molecule has 0 aliphatic heterocycles. The topological polar surface area (TPSA) is 46.2 Å². The van der Waals surface area contributed by atoms with Crippen molar-refractivity contribution in [2.75, 3.05) is 0 Å². The van der Waals surface area contributed by atoms with Crippen molar-refractivity contribution in [2.45, 2.75) is 17.9 Å². The molecule has 2 aromatic rings. The van der Waals surface area contributed by atoms with Crippen molar-refractivity contribution < 1.29 is 8.42 Å². The lowest BCUT2D eigenvalue weighted by Gasteiger charge is -2.15. The molecule has 0 aromatic heterocycles. The zero-order valence-electron chi connectivity index (χ0n) is 10.7. The van der Waals surface area contributed by atoms with Crippen molar-refractivity contribution >= 4 is 37.6 Å². The van der Waals surface area contributed by atoms with E-state index in [4.69, 9.17) is 11.6 Å². The Hall–Kier alpha value is -0.880. The summed E-state index contributed by atoms with van der Waals surface area (Å²) in [7, 11) is -3.58. The maximum absolute atomic E-state index is 12.3. The first-order valence-corrected chi connectivity index (χ1v) is 8.58. The first-order chi connectivity index (χ1) is 9.40. The second kappa shape index (κ2) is 6.26. The first kappa shape index (κ1) is 15.5. The van der Waals surface area contributed by atoms with E-state index in [0.717, 1.165) is 5.56 Å². The van der Waals surface area contributed by atoms with E-state index >= 15 is 0 Å². The Morgan fingerprint density at radius 3 is 2.30 bits per heavy atom. The predicted molar refractivity (Wildman–Crippen MR) is 84.3 cm³/mol. The highest BCUT2D eigenvalue weighted by atomic mass is 79.9. The molecular formula is C14H13BrClNO2S. The Bertz CT molecular complexity index is 701. The molecule has 106 valence electrons. The molecule has 0 fully saturated rings. The van der Waals surface area contributed by atoms with Crippen LogP contribution in [0, 0.1) is 0 Å². The average molecular weight is 375 g/mol. The van der Waals surface area contributed by atoms with E-state index in [1.165, 1.54) is 0 Å². The van der Waals surface area contributed by atoms with Crippen LogP contribution in [-0.2, 0) is 10.0 Å². The minimum atomic E-state index is -3.58. The summed E-state index contributed by atoms with van der Waals surface area (Å²) in [5.41, 5.74) is 0.852. The summed E-state index contributed by atoms with van der Waals surface area (Å²) in [5, 5.41) is 0.620. The van der Waals surface area contributed by atoms with Crippen LogP contribution in [0.25, 0.3) is 0 Å². The van der Waals surface area contributed by atoms with E-state index in [0.29, 0.717) is 9.50 Å². The number of rotatable bonds is 4. The SMILES string of the molecule is C[C@@H](NS(=O)(=O)c1ccccc1Br)c1ccc(Cl)cc1. The molecule has 0 saturated heterocycles. The van der Waals surface area contributed by atoms with Crippen LogP contribution in [0.4, 0.5) is 0 Å². The molecule has 20 heavy (non-hydrogen) atoms. The molecule has 0 heterocycles. The van der Waals surface area contributed by atoms with Gasteiger partial charge in [-0.15, -0.1) is 0 Å². The van der Waals surface area contributed by atoms with Gasteiger partial charge in [0.25, 0.3) is 0 Å². The molecule has 0 aliphatic rings. The van der Waals surface area contributed by atoms with Gasteiger partial charge in [-0.05, 0) is 52.7 Å². The van der Waals surface area contributed by atoms with E-state index in [2.05, 4.69) is 20.7 Å². The fraction of sp³-hybridized carbons (Fsp3) is 0.143. The predicted octanol–water partition coefficient (Wildman–Crippen LogP) is 4.14. The molecule has 0 saturated carbocycles. The first-order valence-electron chi connectivity index (χ1n) is 5.92. The summed E-state index contributed by atoms with van der Waals surface area (Å²) in [4.78, 5) is 0.223. The zero-order valence-corrected chi connectivity index (χ0v) is 13.8. The van der Waals surface area contributed by atoms with Crippen molar-refractivity contribution in [3.05, 3.63) is 63.6 Å². The lowest BCUT2D eigenvalue weighted by molar-refractivity contribution is 0.566. The van der Waals surface area contributed by atoms with E-state index < -0.39 is 10.0 Å². The van der Waals surface area contributed by atoms with E-state index in [9.17, 15) is 8.42 Å². The lowest BCUT2D eigenvalue weighted by Crippen LogP contribution is -2.27. The normalized spacial score (nSPS) is 13.2. The molecular weight excluding hydrogens is 362 g/mol. The van der Waals surface area contributed by atoms with Gasteiger partial charge in [0.1, 0.15) is 0 Å². The maximum atomic E-state index is 12.3. The number of halogens is 2. The molecule has 0 bridgehead atoms. The molecule has 0 unspecified atom stereocenters. The highest BCUT2D eigenvalue weighted by Crippen LogP contribution is 2.24. The number of hydrogen-bond acceptors (Lipinski definition) is 2. The third-order valence-electron chi connectivity index (χ3n) is 2.83. The average Bonchev–Trinajstić information content (AvgIpc) is 2.39. The zero-order chi connectivity index (χ0) is 14.8. The number of hydrogen-bond donors (Lipinski definition) is 1. The number of benzene rings is 2. The summed E-state index contributed by atoms with van der Waals surface area (Å²) >= 11 is 9.07. The summed E-state index contributed by atoms with van der Waals surface area (Å²) < 4.78 is 27.9. The van der Waals surface area contributed by atoms with Gasteiger partial charge in [-0.3, -0.25) is 0 Å². The van der Waals surface area contributed by atoms with E-state index in [-0.39, 0.29) is 10.9 Å². The van der Waals surface area contributed by atoms with Crippen LogP contribution in [0.3, 0.4) is 0 Å². The molecule has 3 nitrogen and oxygen atoms in total. The van der Waals surface area contributed by atoms with Gasteiger partial charge in [0, 0.05) is 15.5 Å². The molecule has 0 spiro atoms. The monoisotopic (exact) mass is 373 g/mol. The summed E-state index contributed by atoms with van der Waals surface area (Å²) in [6.45, 7) is 1.79. The van der Waals surface area contributed by atoms with Crippen LogP contribution >= 0.6 is 27.5 Å². The highest BCUT2D eigenvalue weighted by molar-refractivity contribution is 9.10. The molecule has 2 rings (SSSR count). The Morgan fingerprint density at radius 1 is 1.10 bits per heavy atom. The number of nitrogens with one attached hydrogen (secondary N) is 1. The number of sulfonamides is 1. The molecule has 6 heteroatoms. The smallest absolute Gasteiger partial charge is 0.207 e. The summed E-state index contributed by atoms with van der Waals surface area (Å²) in [5.74, 6) is 0. The van der Waals surface area contributed by atoms with Gasteiger partial charge < -0.3 is 0 Å². The van der Waals surface area contributed by atoms with Crippen LogP contribution in [0.5, 0.6) is 0 Å². The van der Waals surface area contributed by atoms with Crippen LogP contribution in [0.1, 0.15) is 18.5 Å². The summed E-state index contributed by atoms with van der Waals surface area (Å²) in [6.07, 6.45) is 0. The van der Waals surface area contributed by atoms with Gasteiger partial charge >= 0.3 is 0 Å². The standard InChI is InChI=1S/C14H13BrClNO2S/c1-10(11-6-8-12(16)9-7-11)17-20(18,19)14-5-3-2-4-13(14)15/h2-10,17H,1H3/t10-/m1/s1. The van der Waals surface area contributed by atoms with Crippen molar-refractivity contribution in [2.24, 2.45) is 0 Å². The van der Waals surface area contributed by atoms with Gasteiger partial charge in [0.05, 0.1) is 4.90 Å². The molecule has 1 atom stereocenters. The minimum absolute atomic E-state index is 0.223. The third kappa shape index (κ3) is 3.61. The van der Waals surface area contributed by atoms with Gasteiger partial charge in [-0.1, -0.05) is 35.9 Å². The largest absolute Gasteiger partial charge is 0.242 e. The highest BCUT2D eigenvalue weighted by Gasteiger charge is 2.20. The molecule has 2 aromatic carbocycles. The van der Waals surface area contributed by atoms with Crippen molar-refractivity contribution in [3.8, 4) is 0 Å². The fourth-order valence-electron chi connectivity index (χ4n) is 1.78. The molecule has 0 aliphatic carbocycles. The Morgan fingerprint density at radius 2 is 1.70 bits per heavy atom. The second-order valence-electron chi connectivity index (χ2n) is 4.32. The van der Waals surface area contributed by atoms with E-state index in [1.54, 1.807) is 55.5 Å². The molecule has 0 amide bonds. The van der Waals surface area contributed by atoms with Gasteiger partial charge in [0.15, 0.2) is 0 Å². The van der Waals surface area contributed by atoms with Crippen LogP contribution in [0.2, 0.25) is 5.02 Å². The van der Waals surface area contributed by atoms with Crippen LogP contribution in [-0.4, -0.2) is 8.42 Å². The second-order valence-corrected chi connectivity index (χ2v) is 7.30. The molecule has 0 radical (unpaired) electrons. The minimum Gasteiger partial charge on any atom is -0.207 e. The maximum Gasteiger partial charge on any atom is 0.242 e. The van der Waals surface area contributed by atoms with Crippen molar-refractivity contribution in [3.63, 3.8) is 0 Å². The van der Waals surface area contributed by atoms with Gasteiger partial charge in [-0.2, -0.15) is 0 Å². The van der Waals surface area contributed by atoms with Crippen molar-refractivity contribution in [1.29, 1.82) is 0 Å². The van der Waals surface area contributed by atoms with Crippen LogP contribution < -0.4 is 4.72 Å². The van der Waals surface area contributed by atoms with E-state index in [1.807, 2.05) is 0 Å². The molecule has 1 N–H and O–H groups in total. The fourth-order valence-corrected chi connectivity index (χ4v) is 4.14. The lowest BCUT2D eigenvalue weighted by atomic mass is 10.1. The quantitative estimate of drug-likeness (QED) is 0.874.